The van der Waals surface area contributed by atoms with Crippen LogP contribution in [0.5, 0.6) is 11.6 Å². The normalized spacial score (nSPS) is 10.6. The van der Waals surface area contributed by atoms with Gasteiger partial charge in [0.25, 0.3) is 0 Å². The number of pyridine rings is 2. The Morgan fingerprint density at radius 1 is 0.739 bits per heavy atom. The van der Waals surface area contributed by atoms with E-state index in [1.54, 1.807) is 12.4 Å². The van der Waals surface area contributed by atoms with E-state index in [1.807, 2.05) is 54.6 Å². The van der Waals surface area contributed by atoms with E-state index in [1.165, 1.54) is 0 Å². The van der Waals surface area contributed by atoms with E-state index in [9.17, 15) is 0 Å². The maximum Gasteiger partial charge on any atom is 0.219 e. The lowest BCUT2D eigenvalue weighted by Gasteiger charge is -2.08. The van der Waals surface area contributed by atoms with Crippen LogP contribution in [-0.4, -0.2) is 9.97 Å². The van der Waals surface area contributed by atoms with Crippen molar-refractivity contribution in [3.63, 3.8) is 0 Å². The number of rotatable bonds is 3. The standard InChI is InChI=1S/C20H14N2O/c1-2-5-15(6-3-1)16-7-4-8-18(13-16)23-20-10-9-17-14-21-12-11-19(17)22-20/h1-14H. The van der Waals surface area contributed by atoms with Crippen molar-refractivity contribution >= 4 is 10.9 Å². The van der Waals surface area contributed by atoms with Gasteiger partial charge in [-0.25, -0.2) is 4.98 Å². The molecule has 0 saturated carbocycles. The summed E-state index contributed by atoms with van der Waals surface area (Å²) in [5.74, 6) is 1.35. The lowest BCUT2D eigenvalue weighted by Crippen LogP contribution is -1.89. The number of aromatic nitrogens is 2. The van der Waals surface area contributed by atoms with Gasteiger partial charge in [-0.1, -0.05) is 42.5 Å². The van der Waals surface area contributed by atoms with Gasteiger partial charge in [0.1, 0.15) is 5.75 Å². The van der Waals surface area contributed by atoms with E-state index in [0.717, 1.165) is 27.8 Å². The maximum absolute atomic E-state index is 5.92. The van der Waals surface area contributed by atoms with Gasteiger partial charge in [-0.2, -0.15) is 0 Å². The summed E-state index contributed by atoms with van der Waals surface area (Å²) < 4.78 is 5.92. The van der Waals surface area contributed by atoms with Gasteiger partial charge in [-0.3, -0.25) is 4.98 Å². The van der Waals surface area contributed by atoms with Crippen LogP contribution >= 0.6 is 0 Å². The lowest BCUT2D eigenvalue weighted by molar-refractivity contribution is 0.465. The first-order valence-corrected chi connectivity index (χ1v) is 7.43. The van der Waals surface area contributed by atoms with Gasteiger partial charge in [0.05, 0.1) is 5.52 Å². The molecule has 3 nitrogen and oxygen atoms in total. The highest BCUT2D eigenvalue weighted by molar-refractivity contribution is 5.77. The van der Waals surface area contributed by atoms with Crippen molar-refractivity contribution in [1.29, 1.82) is 0 Å². The molecule has 0 saturated heterocycles. The largest absolute Gasteiger partial charge is 0.439 e. The van der Waals surface area contributed by atoms with E-state index >= 15 is 0 Å². The summed E-state index contributed by atoms with van der Waals surface area (Å²) in [7, 11) is 0. The Balaban J connectivity index is 1.65. The van der Waals surface area contributed by atoms with E-state index in [0.29, 0.717) is 5.88 Å². The minimum atomic E-state index is 0.578. The van der Waals surface area contributed by atoms with Crippen molar-refractivity contribution in [3.8, 4) is 22.8 Å². The fraction of sp³-hybridized carbons (Fsp3) is 0. The highest BCUT2D eigenvalue weighted by atomic mass is 16.5. The Hall–Kier alpha value is -3.20. The third-order valence-electron chi connectivity index (χ3n) is 3.63. The zero-order valence-corrected chi connectivity index (χ0v) is 12.4. The summed E-state index contributed by atoms with van der Waals surface area (Å²) >= 11 is 0. The average Bonchev–Trinajstić information content (AvgIpc) is 2.63. The fourth-order valence-corrected chi connectivity index (χ4v) is 2.49. The molecule has 3 heteroatoms. The second kappa shape index (κ2) is 5.89. The molecule has 4 rings (SSSR count). The van der Waals surface area contributed by atoms with Crippen LogP contribution in [0.2, 0.25) is 0 Å². The van der Waals surface area contributed by atoms with Gasteiger partial charge in [0.15, 0.2) is 0 Å². The van der Waals surface area contributed by atoms with Gasteiger partial charge in [-0.15, -0.1) is 0 Å². The smallest absolute Gasteiger partial charge is 0.219 e. The Morgan fingerprint density at radius 3 is 2.52 bits per heavy atom. The van der Waals surface area contributed by atoms with E-state index < -0.39 is 0 Å². The summed E-state index contributed by atoms with van der Waals surface area (Å²) in [5, 5.41) is 0.998. The van der Waals surface area contributed by atoms with Gasteiger partial charge in [0.2, 0.25) is 5.88 Å². The molecule has 0 aliphatic rings. The average molecular weight is 298 g/mol. The van der Waals surface area contributed by atoms with Crippen LogP contribution in [0.3, 0.4) is 0 Å². The predicted octanol–water partition coefficient (Wildman–Crippen LogP) is 5.09. The molecule has 2 aromatic carbocycles. The summed E-state index contributed by atoms with van der Waals surface area (Å²) in [6.45, 7) is 0. The molecule has 0 atom stereocenters. The van der Waals surface area contributed by atoms with Crippen LogP contribution in [0.15, 0.2) is 85.2 Å². The molecule has 0 N–H and O–H groups in total. The molecule has 0 aliphatic heterocycles. The molecule has 0 radical (unpaired) electrons. The quantitative estimate of drug-likeness (QED) is 0.528. The second-order valence-electron chi connectivity index (χ2n) is 5.21. The van der Waals surface area contributed by atoms with Crippen molar-refractivity contribution in [2.75, 3.05) is 0 Å². The first-order valence-electron chi connectivity index (χ1n) is 7.43. The first kappa shape index (κ1) is 13.5. The van der Waals surface area contributed by atoms with Gasteiger partial charge in [-0.05, 0) is 35.4 Å². The van der Waals surface area contributed by atoms with Crippen LogP contribution in [0.1, 0.15) is 0 Å². The monoisotopic (exact) mass is 298 g/mol. The van der Waals surface area contributed by atoms with Gasteiger partial charge in [0, 0.05) is 23.8 Å². The van der Waals surface area contributed by atoms with Crippen molar-refractivity contribution in [3.05, 3.63) is 85.2 Å². The molecule has 0 fully saturated rings. The number of hydrogen-bond donors (Lipinski definition) is 0. The second-order valence-corrected chi connectivity index (χ2v) is 5.21. The minimum absolute atomic E-state index is 0.578. The van der Waals surface area contributed by atoms with Crippen LogP contribution < -0.4 is 4.74 Å². The zero-order chi connectivity index (χ0) is 15.5. The zero-order valence-electron chi connectivity index (χ0n) is 12.4. The van der Waals surface area contributed by atoms with Gasteiger partial charge < -0.3 is 4.74 Å². The molecule has 23 heavy (non-hydrogen) atoms. The summed E-state index contributed by atoms with van der Waals surface area (Å²) in [6, 6.07) is 24.0. The molecular formula is C20H14N2O. The van der Waals surface area contributed by atoms with E-state index in [2.05, 4.69) is 28.2 Å². The predicted molar refractivity (Wildman–Crippen MR) is 91.5 cm³/mol. The molecule has 0 bridgehead atoms. The maximum atomic E-state index is 5.92. The summed E-state index contributed by atoms with van der Waals surface area (Å²) in [6.07, 6.45) is 3.53. The minimum Gasteiger partial charge on any atom is -0.439 e. The number of nitrogens with zero attached hydrogens (tertiary/aromatic N) is 2. The highest BCUT2D eigenvalue weighted by Crippen LogP contribution is 2.27. The van der Waals surface area contributed by atoms with Crippen molar-refractivity contribution < 1.29 is 4.74 Å². The molecule has 110 valence electrons. The third kappa shape index (κ3) is 2.90. The fourth-order valence-electron chi connectivity index (χ4n) is 2.49. The SMILES string of the molecule is c1ccc(-c2cccc(Oc3ccc4cnccc4n3)c2)cc1. The Bertz CT molecular complexity index is 952. The highest BCUT2D eigenvalue weighted by Gasteiger charge is 2.03. The van der Waals surface area contributed by atoms with Crippen LogP contribution in [0, 0.1) is 0 Å². The van der Waals surface area contributed by atoms with E-state index in [-0.39, 0.29) is 0 Å². The number of ether oxygens (including phenoxy) is 1. The summed E-state index contributed by atoms with van der Waals surface area (Å²) in [4.78, 5) is 8.60. The molecule has 2 aromatic heterocycles. The number of benzene rings is 2. The third-order valence-corrected chi connectivity index (χ3v) is 3.63. The number of hydrogen-bond acceptors (Lipinski definition) is 3. The molecule has 0 spiro atoms. The van der Waals surface area contributed by atoms with Crippen LogP contribution in [0.4, 0.5) is 0 Å². The van der Waals surface area contributed by atoms with Crippen molar-refractivity contribution in [2.24, 2.45) is 0 Å². The molecule has 0 amide bonds. The van der Waals surface area contributed by atoms with Crippen molar-refractivity contribution in [1.82, 2.24) is 9.97 Å². The first-order chi connectivity index (χ1) is 11.4. The topological polar surface area (TPSA) is 35.0 Å². The molecular weight excluding hydrogens is 284 g/mol. The summed E-state index contributed by atoms with van der Waals surface area (Å²) in [5.41, 5.74) is 3.15. The molecule has 0 unspecified atom stereocenters. The molecule has 0 aliphatic carbocycles. The van der Waals surface area contributed by atoms with Crippen molar-refractivity contribution in [2.45, 2.75) is 0 Å². The lowest BCUT2D eigenvalue weighted by atomic mass is 10.1. The van der Waals surface area contributed by atoms with Gasteiger partial charge >= 0.3 is 0 Å². The van der Waals surface area contributed by atoms with E-state index in [4.69, 9.17) is 4.74 Å². The number of fused-ring (bicyclic) bond motifs is 1. The Labute approximate surface area is 134 Å². The van der Waals surface area contributed by atoms with Crippen LogP contribution in [0.25, 0.3) is 22.0 Å². The molecule has 2 heterocycles. The Kier molecular flexibility index (Phi) is 3.45. The Morgan fingerprint density at radius 2 is 1.61 bits per heavy atom. The van der Waals surface area contributed by atoms with Crippen LogP contribution in [-0.2, 0) is 0 Å². The molecule has 4 aromatic rings.